The Bertz CT molecular complexity index is 351. The number of ether oxygens (including phenoxy) is 2. The first-order valence-corrected chi connectivity index (χ1v) is 5.48. The van der Waals surface area contributed by atoms with Gasteiger partial charge in [-0.25, -0.2) is 9.97 Å². The Labute approximate surface area is 95.2 Å². The third kappa shape index (κ3) is 2.90. The van der Waals surface area contributed by atoms with Crippen molar-refractivity contribution in [3.05, 3.63) is 18.1 Å². The zero-order chi connectivity index (χ0) is 11.4. The van der Waals surface area contributed by atoms with E-state index in [9.17, 15) is 0 Å². The summed E-state index contributed by atoms with van der Waals surface area (Å²) in [5.74, 6) is 0.406. The number of aromatic nitrogens is 2. The predicted octanol–water partition coefficient (Wildman–Crippen LogP) is 1.35. The maximum absolute atomic E-state index is 5.51. The van der Waals surface area contributed by atoms with Gasteiger partial charge in [-0.2, -0.15) is 0 Å². The quantitative estimate of drug-likeness (QED) is 0.835. The highest BCUT2D eigenvalue weighted by atomic mass is 16.7. The van der Waals surface area contributed by atoms with Crippen molar-refractivity contribution < 1.29 is 9.47 Å². The standard InChI is InChI=1S/C11H17N3O2/c1-9-7-10(14-8-13-9)12-4-3-11(2)15-5-6-16-11/h7-8H,3-6H2,1-2H3,(H,12,13,14). The third-order valence-electron chi connectivity index (χ3n) is 2.59. The lowest BCUT2D eigenvalue weighted by Gasteiger charge is -2.22. The van der Waals surface area contributed by atoms with E-state index in [4.69, 9.17) is 9.47 Å². The number of nitrogens with zero attached hydrogens (tertiary/aromatic N) is 2. The van der Waals surface area contributed by atoms with Crippen molar-refractivity contribution >= 4 is 5.82 Å². The van der Waals surface area contributed by atoms with Crippen LogP contribution in [0.25, 0.3) is 0 Å². The second-order valence-electron chi connectivity index (χ2n) is 4.05. The van der Waals surface area contributed by atoms with Crippen molar-refractivity contribution in [2.24, 2.45) is 0 Å². The van der Waals surface area contributed by atoms with Gasteiger partial charge in [0, 0.05) is 24.7 Å². The molecule has 5 nitrogen and oxygen atoms in total. The maximum atomic E-state index is 5.51. The first kappa shape index (κ1) is 11.3. The monoisotopic (exact) mass is 223 g/mol. The van der Waals surface area contributed by atoms with Gasteiger partial charge in [0.25, 0.3) is 0 Å². The largest absolute Gasteiger partial charge is 0.370 e. The van der Waals surface area contributed by atoms with E-state index in [0.29, 0.717) is 13.2 Å². The lowest BCUT2D eigenvalue weighted by atomic mass is 10.2. The molecule has 2 heterocycles. The topological polar surface area (TPSA) is 56.3 Å². The minimum Gasteiger partial charge on any atom is -0.370 e. The molecule has 1 aliphatic heterocycles. The molecule has 0 atom stereocenters. The Morgan fingerprint density at radius 2 is 2.12 bits per heavy atom. The zero-order valence-electron chi connectivity index (χ0n) is 9.69. The molecule has 1 N–H and O–H groups in total. The van der Waals surface area contributed by atoms with Crippen LogP contribution in [0, 0.1) is 6.92 Å². The number of anilines is 1. The lowest BCUT2D eigenvalue weighted by molar-refractivity contribution is -0.144. The van der Waals surface area contributed by atoms with Gasteiger partial charge in [-0.1, -0.05) is 0 Å². The van der Waals surface area contributed by atoms with E-state index >= 15 is 0 Å². The van der Waals surface area contributed by atoms with E-state index in [-0.39, 0.29) is 0 Å². The van der Waals surface area contributed by atoms with Gasteiger partial charge in [-0.05, 0) is 13.8 Å². The molecule has 1 aromatic rings. The molecule has 2 rings (SSSR count). The molecule has 0 unspecified atom stereocenters. The van der Waals surface area contributed by atoms with Crippen molar-refractivity contribution in [3.8, 4) is 0 Å². The summed E-state index contributed by atoms with van der Waals surface area (Å²) in [6.45, 7) is 6.05. The van der Waals surface area contributed by atoms with Crippen LogP contribution >= 0.6 is 0 Å². The average molecular weight is 223 g/mol. The van der Waals surface area contributed by atoms with Gasteiger partial charge in [0.15, 0.2) is 5.79 Å². The summed E-state index contributed by atoms with van der Waals surface area (Å²) in [5, 5.41) is 3.23. The van der Waals surface area contributed by atoms with Gasteiger partial charge < -0.3 is 14.8 Å². The number of hydrogen-bond acceptors (Lipinski definition) is 5. The van der Waals surface area contributed by atoms with Crippen LogP contribution in [0.5, 0.6) is 0 Å². The molecule has 0 aromatic carbocycles. The summed E-state index contributed by atoms with van der Waals surface area (Å²) >= 11 is 0. The second-order valence-corrected chi connectivity index (χ2v) is 4.05. The number of hydrogen-bond donors (Lipinski definition) is 1. The molecule has 0 radical (unpaired) electrons. The third-order valence-corrected chi connectivity index (χ3v) is 2.59. The fourth-order valence-electron chi connectivity index (χ4n) is 1.67. The van der Waals surface area contributed by atoms with E-state index in [1.807, 2.05) is 19.9 Å². The average Bonchev–Trinajstić information content (AvgIpc) is 2.65. The van der Waals surface area contributed by atoms with E-state index < -0.39 is 5.79 Å². The molecule has 1 fully saturated rings. The Morgan fingerprint density at radius 1 is 1.38 bits per heavy atom. The van der Waals surface area contributed by atoms with Crippen LogP contribution in [0.15, 0.2) is 12.4 Å². The van der Waals surface area contributed by atoms with Crippen LogP contribution in [0.2, 0.25) is 0 Å². The van der Waals surface area contributed by atoms with Crippen LogP contribution in [0.1, 0.15) is 19.0 Å². The SMILES string of the molecule is Cc1cc(NCCC2(C)OCCO2)ncn1. The second kappa shape index (κ2) is 4.76. The minimum atomic E-state index is -0.435. The molecule has 0 aliphatic carbocycles. The highest BCUT2D eigenvalue weighted by Crippen LogP contribution is 2.22. The summed E-state index contributed by atoms with van der Waals surface area (Å²) in [5.41, 5.74) is 0.956. The van der Waals surface area contributed by atoms with Crippen LogP contribution in [-0.2, 0) is 9.47 Å². The van der Waals surface area contributed by atoms with Crippen molar-refractivity contribution in [1.29, 1.82) is 0 Å². The summed E-state index contributed by atoms with van der Waals surface area (Å²) in [7, 11) is 0. The normalized spacial score (nSPS) is 18.6. The Kier molecular flexibility index (Phi) is 3.36. The van der Waals surface area contributed by atoms with Crippen molar-refractivity contribution in [3.63, 3.8) is 0 Å². The van der Waals surface area contributed by atoms with E-state index in [1.165, 1.54) is 0 Å². The Balaban J connectivity index is 1.79. The first-order valence-electron chi connectivity index (χ1n) is 5.48. The molecule has 1 saturated heterocycles. The molecular weight excluding hydrogens is 206 g/mol. The van der Waals surface area contributed by atoms with Crippen molar-refractivity contribution in [2.45, 2.75) is 26.1 Å². The summed E-state index contributed by atoms with van der Waals surface area (Å²) in [4.78, 5) is 8.16. The summed E-state index contributed by atoms with van der Waals surface area (Å²) in [6.07, 6.45) is 2.36. The molecule has 0 saturated carbocycles. The van der Waals surface area contributed by atoms with Gasteiger partial charge in [0.05, 0.1) is 13.2 Å². The van der Waals surface area contributed by atoms with Crippen LogP contribution in [-0.4, -0.2) is 35.5 Å². The van der Waals surface area contributed by atoms with Crippen LogP contribution in [0.3, 0.4) is 0 Å². The van der Waals surface area contributed by atoms with Gasteiger partial charge in [0.2, 0.25) is 0 Å². The summed E-state index contributed by atoms with van der Waals surface area (Å²) < 4.78 is 11.0. The fourth-order valence-corrected chi connectivity index (χ4v) is 1.67. The minimum absolute atomic E-state index is 0.435. The Morgan fingerprint density at radius 3 is 2.81 bits per heavy atom. The van der Waals surface area contributed by atoms with Gasteiger partial charge in [-0.3, -0.25) is 0 Å². The molecular formula is C11H17N3O2. The maximum Gasteiger partial charge on any atom is 0.167 e. The van der Waals surface area contributed by atoms with Crippen LogP contribution in [0.4, 0.5) is 5.82 Å². The number of nitrogens with one attached hydrogen (secondary N) is 1. The molecule has 1 aromatic heterocycles. The van der Waals surface area contributed by atoms with Gasteiger partial charge in [-0.15, -0.1) is 0 Å². The van der Waals surface area contributed by atoms with Crippen LogP contribution < -0.4 is 5.32 Å². The molecule has 1 aliphatic rings. The highest BCUT2D eigenvalue weighted by molar-refractivity contribution is 5.34. The molecule has 0 spiro atoms. The van der Waals surface area contributed by atoms with Crippen molar-refractivity contribution in [1.82, 2.24) is 9.97 Å². The van der Waals surface area contributed by atoms with Crippen molar-refractivity contribution in [2.75, 3.05) is 25.1 Å². The van der Waals surface area contributed by atoms with E-state index in [0.717, 1.165) is 24.5 Å². The smallest absolute Gasteiger partial charge is 0.167 e. The molecule has 16 heavy (non-hydrogen) atoms. The molecule has 0 amide bonds. The molecule has 0 bridgehead atoms. The molecule has 88 valence electrons. The fraction of sp³-hybridized carbons (Fsp3) is 0.636. The van der Waals surface area contributed by atoms with E-state index in [2.05, 4.69) is 15.3 Å². The van der Waals surface area contributed by atoms with Gasteiger partial charge >= 0.3 is 0 Å². The molecule has 5 heteroatoms. The number of aryl methyl sites for hydroxylation is 1. The number of rotatable bonds is 4. The van der Waals surface area contributed by atoms with Gasteiger partial charge in [0.1, 0.15) is 12.1 Å². The zero-order valence-corrected chi connectivity index (χ0v) is 9.69. The lowest BCUT2D eigenvalue weighted by Crippen LogP contribution is -2.28. The summed E-state index contributed by atoms with van der Waals surface area (Å²) in [6, 6.07) is 1.92. The highest BCUT2D eigenvalue weighted by Gasteiger charge is 2.30. The van der Waals surface area contributed by atoms with E-state index in [1.54, 1.807) is 6.33 Å². The first-order chi connectivity index (χ1) is 7.68. The Hall–Kier alpha value is -1.20. The predicted molar refractivity (Wildman–Crippen MR) is 60.2 cm³/mol.